The predicted molar refractivity (Wildman–Crippen MR) is 134 cm³/mol. The standard InChI is InChI=1S/C28H33N3O5/c1-15-22(16-9-7-6-8-10-16)18-11-17(12-19(24(18)35-15)26(33)29-5)25(32)30-23-20-13-31(14-21(20)23)27(34)36-28(2,3)4/h6-12,15,20-23H,13-14H2,1-5H3,(H,29,33)(H,30,32). The SMILES string of the molecule is CNC(=O)c1cc(C(=O)NC2C3CN(C(=O)OC(C)(C)C)CC32)cc2c1OC(C)C2c1ccccc1. The summed E-state index contributed by atoms with van der Waals surface area (Å²) in [6.07, 6.45) is -0.486. The molecular weight excluding hydrogens is 458 g/mol. The molecule has 0 aromatic heterocycles. The molecule has 1 saturated carbocycles. The average Bonchev–Trinajstić information content (AvgIpc) is 3.15. The van der Waals surface area contributed by atoms with Crippen LogP contribution in [0.1, 0.15) is 65.5 Å². The van der Waals surface area contributed by atoms with E-state index in [1.165, 1.54) is 0 Å². The Bertz CT molecular complexity index is 1190. The zero-order chi connectivity index (χ0) is 25.8. The fourth-order valence-corrected chi connectivity index (χ4v) is 5.52. The van der Waals surface area contributed by atoms with E-state index in [0.717, 1.165) is 11.1 Å². The van der Waals surface area contributed by atoms with Gasteiger partial charge in [0.15, 0.2) is 0 Å². The number of benzene rings is 2. The second kappa shape index (κ2) is 8.84. The molecule has 1 saturated heterocycles. The van der Waals surface area contributed by atoms with Crippen LogP contribution in [0.5, 0.6) is 5.75 Å². The highest BCUT2D eigenvalue weighted by Gasteiger charge is 2.58. The maximum absolute atomic E-state index is 13.3. The normalized spacial score (nSPS) is 25.9. The second-order valence-corrected chi connectivity index (χ2v) is 10.9. The largest absolute Gasteiger partial charge is 0.489 e. The van der Waals surface area contributed by atoms with E-state index >= 15 is 0 Å². The number of likely N-dealkylation sites (tertiary alicyclic amines) is 1. The molecule has 8 nitrogen and oxygen atoms in total. The lowest BCUT2D eigenvalue weighted by atomic mass is 9.87. The van der Waals surface area contributed by atoms with E-state index in [2.05, 4.69) is 10.6 Å². The molecule has 2 fully saturated rings. The van der Waals surface area contributed by atoms with Gasteiger partial charge in [0.2, 0.25) is 0 Å². The molecule has 2 aromatic carbocycles. The quantitative estimate of drug-likeness (QED) is 0.682. The van der Waals surface area contributed by atoms with E-state index in [1.54, 1.807) is 18.0 Å². The molecule has 0 bridgehead atoms. The number of amides is 3. The van der Waals surface area contributed by atoms with Gasteiger partial charge >= 0.3 is 6.09 Å². The van der Waals surface area contributed by atoms with E-state index in [4.69, 9.17) is 9.47 Å². The van der Waals surface area contributed by atoms with Crippen LogP contribution in [0.2, 0.25) is 0 Å². The number of nitrogens with zero attached hydrogens (tertiary/aromatic N) is 1. The van der Waals surface area contributed by atoms with E-state index < -0.39 is 5.60 Å². The fourth-order valence-electron chi connectivity index (χ4n) is 5.52. The minimum absolute atomic E-state index is 0.00740. The Morgan fingerprint density at radius 3 is 2.31 bits per heavy atom. The first kappa shape index (κ1) is 24.2. The molecule has 3 aliphatic rings. The molecule has 3 amide bonds. The maximum atomic E-state index is 13.3. The summed E-state index contributed by atoms with van der Waals surface area (Å²) in [4.78, 5) is 40.1. The molecule has 5 rings (SSSR count). The number of hydrogen-bond donors (Lipinski definition) is 2. The minimum atomic E-state index is -0.535. The highest BCUT2D eigenvalue weighted by atomic mass is 16.6. The number of ether oxygens (including phenoxy) is 2. The monoisotopic (exact) mass is 491 g/mol. The van der Waals surface area contributed by atoms with Crippen LogP contribution < -0.4 is 15.4 Å². The van der Waals surface area contributed by atoms with Gasteiger partial charge in [0.1, 0.15) is 17.5 Å². The molecule has 0 spiro atoms. The second-order valence-electron chi connectivity index (χ2n) is 10.9. The number of rotatable bonds is 4. The summed E-state index contributed by atoms with van der Waals surface area (Å²) in [6, 6.07) is 13.4. The number of piperidine rings is 1. The Morgan fingerprint density at radius 2 is 1.69 bits per heavy atom. The summed E-state index contributed by atoms with van der Waals surface area (Å²) in [5, 5.41) is 5.79. The number of nitrogens with one attached hydrogen (secondary N) is 2. The summed E-state index contributed by atoms with van der Waals surface area (Å²) in [5.41, 5.74) is 2.17. The van der Waals surface area contributed by atoms with Crippen LogP contribution in [0.3, 0.4) is 0 Å². The Labute approximate surface area is 211 Å². The van der Waals surface area contributed by atoms with Crippen molar-refractivity contribution in [2.75, 3.05) is 20.1 Å². The van der Waals surface area contributed by atoms with Crippen molar-refractivity contribution in [2.24, 2.45) is 11.8 Å². The van der Waals surface area contributed by atoms with Crippen molar-refractivity contribution in [3.05, 3.63) is 64.7 Å². The topological polar surface area (TPSA) is 97.0 Å². The number of carbonyl (C=O) groups excluding carboxylic acids is 3. The van der Waals surface area contributed by atoms with Gasteiger partial charge < -0.3 is 25.0 Å². The number of hydrogen-bond acceptors (Lipinski definition) is 5. The zero-order valence-corrected chi connectivity index (χ0v) is 21.3. The first-order valence-corrected chi connectivity index (χ1v) is 12.5. The van der Waals surface area contributed by atoms with Crippen molar-refractivity contribution < 1.29 is 23.9 Å². The van der Waals surface area contributed by atoms with Gasteiger partial charge in [-0.1, -0.05) is 30.3 Å². The van der Waals surface area contributed by atoms with Gasteiger partial charge in [0.05, 0.1) is 5.56 Å². The molecule has 2 N–H and O–H groups in total. The van der Waals surface area contributed by atoms with E-state index in [-0.39, 0.29) is 47.8 Å². The van der Waals surface area contributed by atoms with Gasteiger partial charge in [-0.15, -0.1) is 0 Å². The highest BCUT2D eigenvalue weighted by Crippen LogP contribution is 2.47. The maximum Gasteiger partial charge on any atom is 0.410 e. The highest BCUT2D eigenvalue weighted by molar-refractivity contribution is 6.02. The van der Waals surface area contributed by atoms with Gasteiger partial charge in [0, 0.05) is 55.1 Å². The predicted octanol–water partition coefficient (Wildman–Crippen LogP) is 3.55. The average molecular weight is 492 g/mol. The number of carbonyl (C=O) groups is 3. The van der Waals surface area contributed by atoms with Gasteiger partial charge in [-0.25, -0.2) is 4.79 Å². The summed E-state index contributed by atoms with van der Waals surface area (Å²) < 4.78 is 11.6. The summed E-state index contributed by atoms with van der Waals surface area (Å²) >= 11 is 0. The Hall–Kier alpha value is -3.55. The third-order valence-corrected chi connectivity index (χ3v) is 7.26. The smallest absolute Gasteiger partial charge is 0.410 e. The van der Waals surface area contributed by atoms with E-state index in [1.807, 2.05) is 64.1 Å². The van der Waals surface area contributed by atoms with E-state index in [9.17, 15) is 14.4 Å². The van der Waals surface area contributed by atoms with Gasteiger partial charge in [-0.05, 0) is 45.4 Å². The van der Waals surface area contributed by atoms with Crippen LogP contribution in [0.15, 0.2) is 42.5 Å². The van der Waals surface area contributed by atoms with E-state index in [0.29, 0.717) is 30.0 Å². The van der Waals surface area contributed by atoms with Crippen LogP contribution >= 0.6 is 0 Å². The molecule has 190 valence electrons. The molecule has 4 atom stereocenters. The molecule has 2 aromatic rings. The first-order chi connectivity index (χ1) is 17.1. The summed E-state index contributed by atoms with van der Waals surface area (Å²) in [7, 11) is 1.57. The lowest BCUT2D eigenvalue weighted by Crippen LogP contribution is -2.40. The molecule has 2 aliphatic heterocycles. The molecule has 2 heterocycles. The van der Waals surface area contributed by atoms with Crippen molar-refractivity contribution in [1.29, 1.82) is 0 Å². The molecule has 1 aliphatic carbocycles. The Kier molecular flexibility index (Phi) is 5.93. The lowest BCUT2D eigenvalue weighted by molar-refractivity contribution is 0.0269. The Balaban J connectivity index is 1.34. The molecule has 4 unspecified atom stereocenters. The van der Waals surface area contributed by atoms with Crippen LogP contribution in [-0.2, 0) is 4.74 Å². The van der Waals surface area contributed by atoms with Gasteiger partial charge in [0.25, 0.3) is 11.8 Å². The van der Waals surface area contributed by atoms with Crippen molar-refractivity contribution in [1.82, 2.24) is 15.5 Å². The third kappa shape index (κ3) is 4.40. The summed E-state index contributed by atoms with van der Waals surface area (Å²) in [6.45, 7) is 8.67. The van der Waals surface area contributed by atoms with Crippen molar-refractivity contribution in [3.8, 4) is 5.75 Å². The summed E-state index contributed by atoms with van der Waals surface area (Å²) in [5.74, 6) is 0.365. The van der Waals surface area contributed by atoms with Crippen LogP contribution in [0.25, 0.3) is 0 Å². The van der Waals surface area contributed by atoms with Gasteiger partial charge in [-0.2, -0.15) is 0 Å². The van der Waals surface area contributed by atoms with Crippen molar-refractivity contribution in [3.63, 3.8) is 0 Å². The minimum Gasteiger partial charge on any atom is -0.489 e. The molecule has 0 radical (unpaired) electrons. The molecule has 8 heteroatoms. The van der Waals surface area contributed by atoms with Crippen LogP contribution in [0.4, 0.5) is 4.79 Å². The van der Waals surface area contributed by atoms with Crippen LogP contribution in [0, 0.1) is 11.8 Å². The van der Waals surface area contributed by atoms with Crippen molar-refractivity contribution in [2.45, 2.75) is 51.4 Å². The van der Waals surface area contributed by atoms with Gasteiger partial charge in [-0.3, -0.25) is 9.59 Å². The number of fused-ring (bicyclic) bond motifs is 2. The first-order valence-electron chi connectivity index (χ1n) is 12.5. The van der Waals surface area contributed by atoms with Crippen LogP contribution in [-0.4, -0.2) is 60.7 Å². The fraction of sp³-hybridized carbons (Fsp3) is 0.464. The molecule has 36 heavy (non-hydrogen) atoms. The Morgan fingerprint density at radius 1 is 1.03 bits per heavy atom. The molecular formula is C28H33N3O5. The third-order valence-electron chi connectivity index (χ3n) is 7.26. The zero-order valence-electron chi connectivity index (χ0n) is 21.3. The lowest BCUT2D eigenvalue weighted by Gasteiger charge is -2.26. The van der Waals surface area contributed by atoms with Crippen molar-refractivity contribution >= 4 is 17.9 Å².